The van der Waals surface area contributed by atoms with Crippen molar-refractivity contribution in [3.63, 3.8) is 0 Å². The molecule has 2 nitrogen and oxygen atoms in total. The molecule has 2 N–H and O–H groups in total. The molecule has 0 aliphatic carbocycles. The Balaban J connectivity index is 2.91. The third-order valence-electron chi connectivity index (χ3n) is 2.29. The SMILES string of the molecule is CC(CO)NCc1ccc(Br)cc1C(F)(F)F. The number of benzene rings is 1. The van der Waals surface area contributed by atoms with Crippen LogP contribution in [-0.4, -0.2) is 17.8 Å². The lowest BCUT2D eigenvalue weighted by atomic mass is 10.1. The average molecular weight is 312 g/mol. The van der Waals surface area contributed by atoms with Gasteiger partial charge in [-0.2, -0.15) is 13.2 Å². The predicted octanol–water partition coefficient (Wildman–Crippen LogP) is 2.94. The van der Waals surface area contributed by atoms with Gasteiger partial charge in [-0.3, -0.25) is 0 Å². The summed E-state index contributed by atoms with van der Waals surface area (Å²) in [5.41, 5.74) is -0.495. The van der Waals surface area contributed by atoms with E-state index in [-0.39, 0.29) is 24.8 Å². The van der Waals surface area contributed by atoms with E-state index in [1.807, 2.05) is 0 Å². The zero-order chi connectivity index (χ0) is 13.1. The number of aliphatic hydroxyl groups excluding tert-OH is 1. The van der Waals surface area contributed by atoms with Gasteiger partial charge in [-0.25, -0.2) is 0 Å². The van der Waals surface area contributed by atoms with Crippen LogP contribution in [0.15, 0.2) is 22.7 Å². The molecule has 0 heterocycles. The molecule has 6 heteroatoms. The lowest BCUT2D eigenvalue weighted by Crippen LogP contribution is -2.29. The van der Waals surface area contributed by atoms with Gasteiger partial charge in [0.25, 0.3) is 0 Å². The Labute approximate surface area is 106 Å². The van der Waals surface area contributed by atoms with E-state index in [0.29, 0.717) is 4.47 Å². The molecule has 0 saturated carbocycles. The van der Waals surface area contributed by atoms with Crippen LogP contribution in [0.25, 0.3) is 0 Å². The van der Waals surface area contributed by atoms with Crippen LogP contribution < -0.4 is 5.32 Å². The van der Waals surface area contributed by atoms with Crippen LogP contribution in [0, 0.1) is 0 Å². The summed E-state index contributed by atoms with van der Waals surface area (Å²) in [5, 5.41) is 11.6. The number of rotatable bonds is 4. The Hall–Kier alpha value is -0.590. The molecular weight excluding hydrogens is 299 g/mol. The van der Waals surface area contributed by atoms with Crippen LogP contribution in [0.3, 0.4) is 0 Å². The highest BCUT2D eigenvalue weighted by Crippen LogP contribution is 2.33. The number of hydrogen-bond donors (Lipinski definition) is 2. The summed E-state index contributed by atoms with van der Waals surface area (Å²) in [6.07, 6.45) is -4.37. The first kappa shape index (κ1) is 14.5. The number of hydrogen-bond acceptors (Lipinski definition) is 2. The Morgan fingerprint density at radius 3 is 2.59 bits per heavy atom. The maximum atomic E-state index is 12.7. The van der Waals surface area contributed by atoms with Gasteiger partial charge in [0.2, 0.25) is 0 Å². The standard InChI is InChI=1S/C11H13BrF3NO/c1-7(6-17)16-5-8-2-3-9(12)4-10(8)11(13,14)15/h2-4,7,16-17H,5-6H2,1H3. The van der Waals surface area contributed by atoms with Gasteiger partial charge in [0.15, 0.2) is 0 Å². The van der Waals surface area contributed by atoms with Gasteiger partial charge < -0.3 is 10.4 Å². The second-order valence-electron chi connectivity index (χ2n) is 3.76. The molecule has 0 amide bonds. The topological polar surface area (TPSA) is 32.3 Å². The Morgan fingerprint density at radius 2 is 2.06 bits per heavy atom. The molecule has 1 aromatic carbocycles. The van der Waals surface area contributed by atoms with Crippen LogP contribution in [0.1, 0.15) is 18.1 Å². The molecule has 0 fully saturated rings. The van der Waals surface area contributed by atoms with Crippen LogP contribution in [0.4, 0.5) is 13.2 Å². The van der Waals surface area contributed by atoms with E-state index in [0.717, 1.165) is 6.07 Å². The molecule has 0 radical (unpaired) electrons. The fourth-order valence-corrected chi connectivity index (χ4v) is 1.68. The molecular formula is C11H13BrF3NO. The van der Waals surface area contributed by atoms with Gasteiger partial charge in [-0.05, 0) is 24.6 Å². The fourth-order valence-electron chi connectivity index (χ4n) is 1.32. The molecule has 1 unspecified atom stereocenters. The van der Waals surface area contributed by atoms with E-state index in [2.05, 4.69) is 21.2 Å². The van der Waals surface area contributed by atoms with Crippen LogP contribution in [-0.2, 0) is 12.7 Å². The minimum absolute atomic E-state index is 0.0733. The molecule has 17 heavy (non-hydrogen) atoms. The van der Waals surface area contributed by atoms with Crippen LogP contribution in [0.2, 0.25) is 0 Å². The van der Waals surface area contributed by atoms with Gasteiger partial charge in [0.1, 0.15) is 0 Å². The summed E-state index contributed by atoms with van der Waals surface area (Å²) in [5.74, 6) is 0. The second-order valence-corrected chi connectivity index (χ2v) is 4.68. The third-order valence-corrected chi connectivity index (χ3v) is 2.79. The van der Waals surface area contributed by atoms with Crippen LogP contribution >= 0.6 is 15.9 Å². The van der Waals surface area contributed by atoms with Crippen molar-refractivity contribution in [1.29, 1.82) is 0 Å². The minimum Gasteiger partial charge on any atom is -0.395 e. The first-order chi connectivity index (χ1) is 7.84. The van der Waals surface area contributed by atoms with Gasteiger partial charge in [0, 0.05) is 17.1 Å². The Kier molecular flexibility index (Phi) is 4.97. The van der Waals surface area contributed by atoms with Gasteiger partial charge >= 0.3 is 6.18 Å². The van der Waals surface area contributed by atoms with E-state index in [4.69, 9.17) is 5.11 Å². The highest BCUT2D eigenvalue weighted by molar-refractivity contribution is 9.10. The average Bonchev–Trinajstić information content (AvgIpc) is 2.25. The quantitative estimate of drug-likeness (QED) is 0.896. The van der Waals surface area contributed by atoms with Crippen molar-refractivity contribution in [2.45, 2.75) is 25.7 Å². The summed E-state index contributed by atoms with van der Waals surface area (Å²) >= 11 is 3.02. The molecule has 1 aromatic rings. The summed E-state index contributed by atoms with van der Waals surface area (Å²) < 4.78 is 38.6. The summed E-state index contributed by atoms with van der Waals surface area (Å²) in [4.78, 5) is 0. The summed E-state index contributed by atoms with van der Waals surface area (Å²) in [6, 6.07) is 3.81. The number of halogens is 4. The highest BCUT2D eigenvalue weighted by Gasteiger charge is 2.33. The molecule has 0 aromatic heterocycles. The summed E-state index contributed by atoms with van der Waals surface area (Å²) in [6.45, 7) is 1.66. The first-order valence-corrected chi connectivity index (χ1v) is 5.83. The molecule has 0 aliphatic rings. The maximum absolute atomic E-state index is 12.7. The predicted molar refractivity (Wildman–Crippen MR) is 62.5 cm³/mol. The zero-order valence-corrected chi connectivity index (χ0v) is 10.8. The lowest BCUT2D eigenvalue weighted by molar-refractivity contribution is -0.138. The highest BCUT2D eigenvalue weighted by atomic mass is 79.9. The van der Waals surface area contributed by atoms with Gasteiger partial charge in [-0.15, -0.1) is 0 Å². The third kappa shape index (κ3) is 4.29. The molecule has 0 saturated heterocycles. The van der Waals surface area contributed by atoms with Crippen molar-refractivity contribution in [2.24, 2.45) is 0 Å². The van der Waals surface area contributed by atoms with Crippen molar-refractivity contribution < 1.29 is 18.3 Å². The van der Waals surface area contributed by atoms with Crippen molar-refractivity contribution in [3.05, 3.63) is 33.8 Å². The van der Waals surface area contributed by atoms with E-state index in [1.165, 1.54) is 6.07 Å². The van der Waals surface area contributed by atoms with Crippen molar-refractivity contribution in [3.8, 4) is 0 Å². The van der Waals surface area contributed by atoms with E-state index < -0.39 is 11.7 Å². The second kappa shape index (κ2) is 5.84. The van der Waals surface area contributed by atoms with Crippen LogP contribution in [0.5, 0.6) is 0 Å². The maximum Gasteiger partial charge on any atom is 0.416 e. The van der Waals surface area contributed by atoms with E-state index in [9.17, 15) is 13.2 Å². The molecule has 1 atom stereocenters. The first-order valence-electron chi connectivity index (χ1n) is 5.04. The zero-order valence-electron chi connectivity index (χ0n) is 9.18. The van der Waals surface area contributed by atoms with Crippen molar-refractivity contribution >= 4 is 15.9 Å². The largest absolute Gasteiger partial charge is 0.416 e. The normalized spacial score (nSPS) is 13.8. The van der Waals surface area contributed by atoms with Crippen molar-refractivity contribution in [2.75, 3.05) is 6.61 Å². The molecule has 0 spiro atoms. The van der Waals surface area contributed by atoms with Gasteiger partial charge in [0.05, 0.1) is 12.2 Å². The smallest absolute Gasteiger partial charge is 0.395 e. The van der Waals surface area contributed by atoms with Crippen molar-refractivity contribution in [1.82, 2.24) is 5.32 Å². The fraction of sp³-hybridized carbons (Fsp3) is 0.455. The van der Waals surface area contributed by atoms with Gasteiger partial charge in [-0.1, -0.05) is 22.0 Å². The lowest BCUT2D eigenvalue weighted by Gasteiger charge is -2.16. The molecule has 0 bridgehead atoms. The van der Waals surface area contributed by atoms with E-state index in [1.54, 1.807) is 13.0 Å². The number of alkyl halides is 3. The summed E-state index contributed by atoms with van der Waals surface area (Å²) in [7, 11) is 0. The Morgan fingerprint density at radius 1 is 1.41 bits per heavy atom. The molecule has 1 rings (SSSR count). The molecule has 0 aliphatic heterocycles. The Bertz CT molecular complexity index is 381. The minimum atomic E-state index is -4.37. The van der Waals surface area contributed by atoms with E-state index >= 15 is 0 Å². The monoisotopic (exact) mass is 311 g/mol. The number of aliphatic hydroxyl groups is 1. The number of nitrogens with one attached hydrogen (secondary N) is 1. The molecule has 96 valence electrons.